The van der Waals surface area contributed by atoms with E-state index in [0.717, 1.165) is 12.8 Å². The fourth-order valence-electron chi connectivity index (χ4n) is 5.03. The third-order valence-electron chi connectivity index (χ3n) is 6.77. The highest BCUT2D eigenvalue weighted by Crippen LogP contribution is 2.42. The Bertz CT molecular complexity index is 1200. The summed E-state index contributed by atoms with van der Waals surface area (Å²) in [4.78, 5) is 13.2. The van der Waals surface area contributed by atoms with Crippen LogP contribution in [0.2, 0.25) is 5.02 Å². The number of anilines is 1. The molecule has 3 heterocycles. The van der Waals surface area contributed by atoms with Gasteiger partial charge in [-0.05, 0) is 51.7 Å². The van der Waals surface area contributed by atoms with Gasteiger partial charge in [-0.3, -0.25) is 0 Å². The molecule has 2 fully saturated rings. The lowest BCUT2D eigenvalue weighted by Crippen LogP contribution is -2.42. The number of halogens is 2. The Morgan fingerprint density at radius 1 is 1.30 bits per heavy atom. The van der Waals surface area contributed by atoms with Gasteiger partial charge in [-0.1, -0.05) is 11.6 Å². The first kappa shape index (κ1) is 22.5. The number of aliphatic hydroxyl groups excluding tert-OH is 1. The summed E-state index contributed by atoms with van der Waals surface area (Å²) in [6.45, 7) is 4.42. The number of nitrogens with one attached hydrogen (secondary N) is 1. The van der Waals surface area contributed by atoms with Crippen LogP contribution < -0.4 is 5.32 Å². The molecule has 10 heteroatoms. The van der Waals surface area contributed by atoms with Crippen LogP contribution in [-0.4, -0.2) is 60.7 Å². The quantitative estimate of drug-likeness (QED) is 0.529. The van der Waals surface area contributed by atoms with Crippen LogP contribution >= 0.6 is 11.6 Å². The molecule has 4 atom stereocenters. The van der Waals surface area contributed by atoms with Crippen LogP contribution in [0.5, 0.6) is 0 Å². The highest BCUT2D eigenvalue weighted by atomic mass is 35.5. The highest BCUT2D eigenvalue weighted by Gasteiger charge is 2.39. The Morgan fingerprint density at radius 3 is 2.85 bits per heavy atom. The van der Waals surface area contributed by atoms with E-state index in [-0.39, 0.29) is 29.2 Å². The molecule has 1 saturated carbocycles. The van der Waals surface area contributed by atoms with E-state index in [0.29, 0.717) is 48.0 Å². The van der Waals surface area contributed by atoms with Gasteiger partial charge in [0.25, 0.3) is 0 Å². The summed E-state index contributed by atoms with van der Waals surface area (Å²) >= 11 is 6.42. The summed E-state index contributed by atoms with van der Waals surface area (Å²) in [6, 6.07) is 2.74. The average Bonchev–Trinajstić information content (AvgIpc) is 3.28. The number of ether oxygens (including phenoxy) is 1. The molecule has 176 valence electrons. The summed E-state index contributed by atoms with van der Waals surface area (Å²) in [5.74, 6) is 0.466. The zero-order valence-electron chi connectivity index (χ0n) is 18.6. The molecule has 2 aromatic heterocycles. The lowest BCUT2D eigenvalue weighted by Gasteiger charge is -2.28. The summed E-state index contributed by atoms with van der Waals surface area (Å²) in [6.07, 6.45) is 3.77. The fourth-order valence-corrected chi connectivity index (χ4v) is 5.23. The standard InChI is InChI=1S/C23H27ClFN5O3/c1-12-27-21-15(25)8-13(9-17(21)30(12)19-4-3-6-23(19,2)32)20-14(24)10-26-22(29-20)28-16-5-7-33-11-18(16)31/h8-10,16,18-19,31-32H,3-7,11H2,1-2H3,(H,26,28,29)/t16-,18-,19-,23-/m1/s1. The number of hydrogen-bond donors (Lipinski definition) is 3. The summed E-state index contributed by atoms with van der Waals surface area (Å²) < 4.78 is 22.4. The second-order valence-corrected chi connectivity index (χ2v) is 9.60. The van der Waals surface area contributed by atoms with Gasteiger partial charge in [-0.15, -0.1) is 0 Å². The first-order chi connectivity index (χ1) is 15.7. The van der Waals surface area contributed by atoms with Gasteiger partial charge in [-0.2, -0.15) is 0 Å². The Morgan fingerprint density at radius 2 is 2.12 bits per heavy atom. The topological polar surface area (TPSA) is 105 Å². The van der Waals surface area contributed by atoms with Crippen LogP contribution in [0.1, 0.15) is 44.5 Å². The Balaban J connectivity index is 1.57. The van der Waals surface area contributed by atoms with Crippen molar-refractivity contribution in [2.75, 3.05) is 18.5 Å². The maximum absolute atomic E-state index is 15.2. The number of fused-ring (bicyclic) bond motifs is 1. The molecule has 0 amide bonds. The molecule has 1 aliphatic carbocycles. The van der Waals surface area contributed by atoms with E-state index in [1.165, 1.54) is 12.3 Å². The summed E-state index contributed by atoms with van der Waals surface area (Å²) in [7, 11) is 0. The third-order valence-corrected chi connectivity index (χ3v) is 7.05. The number of nitrogens with zero attached hydrogens (tertiary/aromatic N) is 4. The normalized spacial score (nSPS) is 27.9. The van der Waals surface area contributed by atoms with Crippen LogP contribution in [0.4, 0.5) is 10.3 Å². The third kappa shape index (κ3) is 4.07. The van der Waals surface area contributed by atoms with Crippen LogP contribution in [-0.2, 0) is 4.74 Å². The van der Waals surface area contributed by atoms with E-state index in [1.807, 2.05) is 24.5 Å². The Labute approximate surface area is 195 Å². The van der Waals surface area contributed by atoms with Gasteiger partial charge in [0.05, 0.1) is 52.8 Å². The lowest BCUT2D eigenvalue weighted by molar-refractivity contribution is -0.0136. The predicted octanol–water partition coefficient (Wildman–Crippen LogP) is 3.63. The number of benzene rings is 1. The molecule has 0 unspecified atom stereocenters. The second-order valence-electron chi connectivity index (χ2n) is 9.19. The van der Waals surface area contributed by atoms with Crippen molar-refractivity contribution in [3.05, 3.63) is 35.0 Å². The molecule has 2 aliphatic rings. The number of aromatic nitrogens is 4. The van der Waals surface area contributed by atoms with Crippen LogP contribution in [0.15, 0.2) is 18.3 Å². The molecule has 1 saturated heterocycles. The van der Waals surface area contributed by atoms with Crippen molar-refractivity contribution in [3.63, 3.8) is 0 Å². The number of rotatable bonds is 4. The molecule has 8 nitrogen and oxygen atoms in total. The summed E-state index contributed by atoms with van der Waals surface area (Å²) in [5.41, 5.74) is 0.826. The largest absolute Gasteiger partial charge is 0.389 e. The zero-order valence-corrected chi connectivity index (χ0v) is 19.3. The Kier molecular flexibility index (Phi) is 5.76. The molecule has 33 heavy (non-hydrogen) atoms. The molecule has 3 N–H and O–H groups in total. The Hall–Kier alpha value is -2.33. The van der Waals surface area contributed by atoms with Gasteiger partial charge in [0.15, 0.2) is 5.82 Å². The van der Waals surface area contributed by atoms with E-state index < -0.39 is 17.5 Å². The van der Waals surface area contributed by atoms with E-state index in [9.17, 15) is 10.2 Å². The molecular formula is C23H27ClFN5O3. The minimum Gasteiger partial charge on any atom is -0.389 e. The maximum atomic E-state index is 15.2. The SMILES string of the molecule is Cc1nc2c(F)cc(-c3nc(N[C@@H]4CCOC[C@H]4O)ncc3Cl)cc2n1[C@@H]1CCC[C@@]1(C)O. The van der Waals surface area contributed by atoms with Crippen molar-refractivity contribution < 1.29 is 19.3 Å². The molecule has 0 bridgehead atoms. The van der Waals surface area contributed by atoms with Crippen molar-refractivity contribution in [2.45, 2.75) is 63.3 Å². The summed E-state index contributed by atoms with van der Waals surface area (Å²) in [5, 5.41) is 24.5. The number of aliphatic hydroxyl groups is 2. The van der Waals surface area contributed by atoms with Gasteiger partial charge >= 0.3 is 0 Å². The average molecular weight is 476 g/mol. The fraction of sp³-hybridized carbons (Fsp3) is 0.522. The molecular weight excluding hydrogens is 449 g/mol. The van der Waals surface area contributed by atoms with Crippen molar-refractivity contribution >= 4 is 28.6 Å². The smallest absolute Gasteiger partial charge is 0.223 e. The minimum absolute atomic E-state index is 0.190. The van der Waals surface area contributed by atoms with E-state index in [4.69, 9.17) is 16.3 Å². The maximum Gasteiger partial charge on any atom is 0.223 e. The monoisotopic (exact) mass is 475 g/mol. The first-order valence-electron chi connectivity index (χ1n) is 11.2. The van der Waals surface area contributed by atoms with Crippen LogP contribution in [0, 0.1) is 12.7 Å². The van der Waals surface area contributed by atoms with Gasteiger partial charge in [-0.25, -0.2) is 19.3 Å². The van der Waals surface area contributed by atoms with Gasteiger partial charge < -0.3 is 24.8 Å². The highest BCUT2D eigenvalue weighted by molar-refractivity contribution is 6.33. The molecule has 1 aromatic carbocycles. The lowest BCUT2D eigenvalue weighted by atomic mass is 10.00. The first-order valence-corrected chi connectivity index (χ1v) is 11.6. The molecule has 1 aliphatic heterocycles. The molecule has 0 radical (unpaired) electrons. The van der Waals surface area contributed by atoms with Gasteiger partial charge in [0.2, 0.25) is 5.95 Å². The van der Waals surface area contributed by atoms with Crippen molar-refractivity contribution in [2.24, 2.45) is 0 Å². The van der Waals surface area contributed by atoms with Crippen molar-refractivity contribution in [1.29, 1.82) is 0 Å². The van der Waals surface area contributed by atoms with E-state index >= 15 is 4.39 Å². The minimum atomic E-state index is -0.890. The molecule has 5 rings (SSSR count). The molecule has 0 spiro atoms. The number of imidazole rings is 1. The van der Waals surface area contributed by atoms with Crippen LogP contribution in [0.25, 0.3) is 22.3 Å². The predicted molar refractivity (Wildman–Crippen MR) is 123 cm³/mol. The van der Waals surface area contributed by atoms with Gasteiger partial charge in [0.1, 0.15) is 11.3 Å². The van der Waals surface area contributed by atoms with E-state index in [2.05, 4.69) is 20.3 Å². The van der Waals surface area contributed by atoms with E-state index in [1.54, 1.807) is 0 Å². The van der Waals surface area contributed by atoms with Gasteiger partial charge in [0, 0.05) is 12.2 Å². The zero-order chi connectivity index (χ0) is 23.3. The number of aryl methyl sites for hydroxylation is 1. The second kappa shape index (κ2) is 8.47. The van der Waals surface area contributed by atoms with Crippen molar-refractivity contribution in [3.8, 4) is 11.3 Å². The van der Waals surface area contributed by atoms with Crippen LogP contribution in [0.3, 0.4) is 0 Å². The number of hydrogen-bond acceptors (Lipinski definition) is 7. The van der Waals surface area contributed by atoms with Crippen molar-refractivity contribution in [1.82, 2.24) is 19.5 Å². The molecule has 3 aromatic rings.